The number of nitrogens with one attached hydrogen (secondary N) is 1. The zero-order chi connectivity index (χ0) is 29.1. The first-order valence-corrected chi connectivity index (χ1v) is 13.6. The van der Waals surface area contributed by atoms with Crippen molar-refractivity contribution in [2.75, 3.05) is 24.7 Å². The number of nitrogens with zero attached hydrogens (tertiary/aromatic N) is 7. The monoisotopic (exact) mass is 598 g/mol. The molecule has 2 fully saturated rings. The molecule has 8 atom stereocenters. The highest BCUT2D eigenvalue weighted by molar-refractivity contribution is 7.47. The number of alkyl halides is 1. The molecule has 0 aromatic carbocycles. The second kappa shape index (κ2) is 10.3. The fourth-order valence-electron chi connectivity index (χ4n) is 4.79. The van der Waals surface area contributed by atoms with Crippen LogP contribution >= 0.6 is 7.82 Å². The highest BCUT2D eigenvalue weighted by Crippen LogP contribution is 2.50. The van der Waals surface area contributed by atoms with Crippen molar-refractivity contribution in [2.45, 2.75) is 49.5 Å². The van der Waals surface area contributed by atoms with E-state index in [0.29, 0.717) is 0 Å². The smallest absolute Gasteiger partial charge is 0.394 e. The lowest BCUT2D eigenvalue weighted by Gasteiger charge is -2.23. The van der Waals surface area contributed by atoms with E-state index in [-0.39, 0.29) is 40.5 Å². The molecule has 21 heteroatoms. The number of fused-ring (bicyclic) bond motifs is 2. The third-order valence-electron chi connectivity index (χ3n) is 6.70. The van der Waals surface area contributed by atoms with Crippen molar-refractivity contribution in [1.29, 1.82) is 0 Å². The molecule has 4 aromatic rings. The molecule has 220 valence electrons. The van der Waals surface area contributed by atoms with Crippen molar-refractivity contribution in [3.63, 3.8) is 0 Å². The Labute approximate surface area is 227 Å². The summed E-state index contributed by atoms with van der Waals surface area (Å²) in [6.07, 6.45) is -6.13. The molecule has 0 amide bonds. The number of nitrogen functional groups attached to an aromatic ring is 2. The SMILES string of the molecule is Nc1nc2c(ncn2[C@@H]2O[C@H](CO)C[C@@H]2OP(=O)(O)OC[C@H]2O[C@@H](n3cnc4c(N)ncnc43)C(F)[C@H]2O)c(=O)[nH]1. The highest BCUT2D eigenvalue weighted by Gasteiger charge is 2.48. The molecule has 0 radical (unpaired) electrons. The molecule has 6 rings (SSSR count). The van der Waals surface area contributed by atoms with Gasteiger partial charge in [-0.3, -0.25) is 28.0 Å². The molecule has 2 aliphatic heterocycles. The molecule has 0 aliphatic carbocycles. The number of phosphoric acid groups is 1. The summed E-state index contributed by atoms with van der Waals surface area (Å²) in [6.45, 7) is -1.19. The molecule has 0 bridgehead atoms. The lowest BCUT2D eigenvalue weighted by molar-refractivity contribution is -0.0600. The van der Waals surface area contributed by atoms with Gasteiger partial charge in [0, 0.05) is 6.42 Å². The van der Waals surface area contributed by atoms with Gasteiger partial charge in [0.1, 0.15) is 30.2 Å². The molecular formula is C20H24FN10O9P. The number of anilines is 2. The fourth-order valence-corrected chi connectivity index (χ4v) is 5.72. The van der Waals surface area contributed by atoms with Crippen LogP contribution in [0.4, 0.5) is 16.2 Å². The van der Waals surface area contributed by atoms with Crippen LogP contribution in [0.15, 0.2) is 23.8 Å². The van der Waals surface area contributed by atoms with Crippen LogP contribution in [0.3, 0.4) is 0 Å². The van der Waals surface area contributed by atoms with E-state index in [9.17, 15) is 24.5 Å². The summed E-state index contributed by atoms with van der Waals surface area (Å²) in [6, 6.07) is 0. The average Bonchev–Trinajstić information content (AvgIpc) is 3.69. The Morgan fingerprint density at radius 1 is 1.12 bits per heavy atom. The van der Waals surface area contributed by atoms with Gasteiger partial charge < -0.3 is 36.0 Å². The van der Waals surface area contributed by atoms with E-state index in [1.165, 1.54) is 21.8 Å². The minimum absolute atomic E-state index is 0.0127. The minimum atomic E-state index is -4.90. The first-order chi connectivity index (χ1) is 19.6. The molecule has 2 saturated heterocycles. The first kappa shape index (κ1) is 27.5. The zero-order valence-electron chi connectivity index (χ0n) is 20.8. The second-order valence-electron chi connectivity index (χ2n) is 9.33. The maximum atomic E-state index is 15.0. The maximum Gasteiger partial charge on any atom is 0.472 e. The number of H-pyrrole nitrogens is 1. The number of hydrogen-bond donors (Lipinski definition) is 6. The summed E-state index contributed by atoms with van der Waals surface area (Å²) in [4.78, 5) is 44.8. The number of hydrogen-bond acceptors (Lipinski definition) is 15. The summed E-state index contributed by atoms with van der Waals surface area (Å²) in [5.74, 6) is -0.137. The van der Waals surface area contributed by atoms with Crippen LogP contribution in [0.25, 0.3) is 22.3 Å². The number of aromatic nitrogens is 8. The van der Waals surface area contributed by atoms with Gasteiger partial charge >= 0.3 is 7.82 Å². The van der Waals surface area contributed by atoms with Crippen LogP contribution in [-0.2, 0) is 23.1 Å². The molecule has 6 heterocycles. The van der Waals surface area contributed by atoms with E-state index in [2.05, 4.69) is 29.9 Å². The Bertz CT molecular complexity index is 1700. The summed E-state index contributed by atoms with van der Waals surface area (Å²) in [7, 11) is -4.90. The molecular weight excluding hydrogens is 574 g/mol. The van der Waals surface area contributed by atoms with E-state index in [0.717, 1.165) is 6.33 Å². The van der Waals surface area contributed by atoms with Crippen LogP contribution in [0.5, 0.6) is 0 Å². The standard InChI is InChI=1S/C20H24FN10O9P/c21-10-13(33)9(39-19(10)30-5-26-11-14(22)24-4-25-15(11)30)3-37-41(35,36)40-8-1-7(2-32)38-18(8)31-6-27-12-16(31)28-20(23)29-17(12)34/h4-10,13,18-19,32-33H,1-3H2,(H,35,36)(H2,22,24,25)(H3,23,28,29,34)/t7-,8-,9+,10?,13-,18+,19+/m0/s1. The average molecular weight is 598 g/mol. The van der Waals surface area contributed by atoms with Crippen LogP contribution in [0, 0.1) is 0 Å². The van der Waals surface area contributed by atoms with Crippen molar-refractivity contribution in [3.05, 3.63) is 29.3 Å². The highest BCUT2D eigenvalue weighted by atomic mass is 31.2. The summed E-state index contributed by atoms with van der Waals surface area (Å²) >= 11 is 0. The first-order valence-electron chi connectivity index (χ1n) is 12.1. The minimum Gasteiger partial charge on any atom is -0.394 e. The van der Waals surface area contributed by atoms with Crippen molar-refractivity contribution in [1.82, 2.24) is 39.0 Å². The lowest BCUT2D eigenvalue weighted by Crippen LogP contribution is -2.31. The Morgan fingerprint density at radius 3 is 2.61 bits per heavy atom. The predicted molar refractivity (Wildman–Crippen MR) is 133 cm³/mol. The molecule has 0 spiro atoms. The van der Waals surface area contributed by atoms with Crippen molar-refractivity contribution >= 4 is 41.9 Å². The van der Waals surface area contributed by atoms with Gasteiger partial charge in [0.05, 0.1) is 32.0 Å². The predicted octanol–water partition coefficient (Wildman–Crippen LogP) is -1.50. The van der Waals surface area contributed by atoms with Gasteiger partial charge in [0.2, 0.25) is 5.95 Å². The summed E-state index contributed by atoms with van der Waals surface area (Å²) in [5.41, 5.74) is 11.1. The largest absolute Gasteiger partial charge is 0.472 e. The number of rotatable bonds is 8. The third-order valence-corrected chi connectivity index (χ3v) is 7.71. The molecule has 2 unspecified atom stereocenters. The number of phosphoric ester groups is 1. The number of aromatic amines is 1. The van der Waals surface area contributed by atoms with Gasteiger partial charge in [-0.05, 0) is 0 Å². The van der Waals surface area contributed by atoms with E-state index in [4.69, 9.17) is 30.0 Å². The van der Waals surface area contributed by atoms with Crippen LogP contribution < -0.4 is 17.0 Å². The number of nitrogens with two attached hydrogens (primary N) is 2. The maximum absolute atomic E-state index is 15.0. The Hall–Kier alpha value is -3.62. The van der Waals surface area contributed by atoms with Gasteiger partial charge in [-0.25, -0.2) is 28.9 Å². The molecule has 8 N–H and O–H groups in total. The Morgan fingerprint density at radius 2 is 1.85 bits per heavy atom. The number of imidazole rings is 2. The summed E-state index contributed by atoms with van der Waals surface area (Å²) < 4.78 is 52.2. The van der Waals surface area contributed by atoms with Crippen LogP contribution in [0.2, 0.25) is 0 Å². The quantitative estimate of drug-likeness (QED) is 0.126. The molecule has 4 aromatic heterocycles. The number of aliphatic hydroxyl groups is 2. The Kier molecular flexibility index (Phi) is 6.94. The number of halogens is 1. The number of aliphatic hydroxyl groups excluding tert-OH is 2. The van der Waals surface area contributed by atoms with Crippen LogP contribution in [-0.4, -0.2) is 97.9 Å². The Balaban J connectivity index is 1.16. The second-order valence-corrected chi connectivity index (χ2v) is 10.7. The molecule has 0 saturated carbocycles. The van der Waals surface area contributed by atoms with E-state index < -0.39 is 69.6 Å². The van der Waals surface area contributed by atoms with Gasteiger partial charge in [-0.15, -0.1) is 0 Å². The van der Waals surface area contributed by atoms with Crippen molar-refractivity contribution in [2.24, 2.45) is 0 Å². The van der Waals surface area contributed by atoms with Crippen LogP contribution in [0.1, 0.15) is 18.9 Å². The number of ether oxygens (including phenoxy) is 2. The van der Waals surface area contributed by atoms with Crippen molar-refractivity contribution in [3.8, 4) is 0 Å². The van der Waals surface area contributed by atoms with Gasteiger partial charge in [0.15, 0.2) is 41.3 Å². The van der Waals surface area contributed by atoms with E-state index >= 15 is 4.39 Å². The normalized spacial score (nSPS) is 29.9. The lowest BCUT2D eigenvalue weighted by atomic mass is 10.1. The van der Waals surface area contributed by atoms with Gasteiger partial charge in [0.25, 0.3) is 5.56 Å². The topological polar surface area (TPSA) is 274 Å². The van der Waals surface area contributed by atoms with Crippen molar-refractivity contribution < 1.29 is 42.6 Å². The molecule has 41 heavy (non-hydrogen) atoms. The van der Waals surface area contributed by atoms with E-state index in [1.54, 1.807) is 0 Å². The zero-order valence-corrected chi connectivity index (χ0v) is 21.7. The van der Waals surface area contributed by atoms with Gasteiger partial charge in [-0.1, -0.05) is 0 Å². The fraction of sp³-hybridized carbons (Fsp3) is 0.500. The van der Waals surface area contributed by atoms with Gasteiger partial charge in [-0.2, -0.15) is 4.98 Å². The molecule has 19 nitrogen and oxygen atoms in total. The third kappa shape index (κ3) is 4.93. The van der Waals surface area contributed by atoms with E-state index in [1.807, 2.05) is 0 Å². The molecule has 2 aliphatic rings. The summed E-state index contributed by atoms with van der Waals surface area (Å²) in [5, 5.41) is 20.1.